The van der Waals surface area contributed by atoms with Crippen molar-refractivity contribution in [2.45, 2.75) is 0 Å². The van der Waals surface area contributed by atoms with Gasteiger partial charge in [0.05, 0.1) is 11.3 Å². The van der Waals surface area contributed by atoms with E-state index in [1.54, 1.807) is 26.2 Å². The smallest absolute Gasteiger partial charge is 0.348 e. The lowest BCUT2D eigenvalue weighted by molar-refractivity contribution is -0.131. The maximum atomic E-state index is 11.8. The minimum atomic E-state index is -0.612. The van der Waals surface area contributed by atoms with E-state index in [-0.39, 0.29) is 18.3 Å². The van der Waals surface area contributed by atoms with Crippen LogP contribution < -0.4 is 5.32 Å². The molecular weight excluding hydrogens is 308 g/mol. The SMILES string of the molecule is CN(C)C(=O)COC(=O)c1ccc(NC(=O)c2ccco2)s1. The molecule has 2 aromatic rings. The average Bonchev–Trinajstić information content (AvgIpc) is 3.15. The van der Waals surface area contributed by atoms with E-state index in [4.69, 9.17) is 9.15 Å². The number of esters is 1. The molecule has 8 heteroatoms. The second-order valence-electron chi connectivity index (χ2n) is 4.46. The van der Waals surface area contributed by atoms with Crippen LogP contribution in [-0.4, -0.2) is 43.4 Å². The predicted octanol–water partition coefficient (Wildman–Crippen LogP) is 1.84. The summed E-state index contributed by atoms with van der Waals surface area (Å²) in [6.07, 6.45) is 1.40. The van der Waals surface area contributed by atoms with Gasteiger partial charge < -0.3 is 19.4 Å². The number of rotatable bonds is 5. The first-order valence-electron chi connectivity index (χ1n) is 6.29. The van der Waals surface area contributed by atoms with E-state index in [0.717, 1.165) is 11.3 Å². The van der Waals surface area contributed by atoms with Crippen molar-refractivity contribution in [1.29, 1.82) is 0 Å². The molecule has 0 atom stereocenters. The van der Waals surface area contributed by atoms with Crippen molar-refractivity contribution in [2.75, 3.05) is 26.0 Å². The van der Waals surface area contributed by atoms with Gasteiger partial charge in [0.1, 0.15) is 4.88 Å². The van der Waals surface area contributed by atoms with Crippen molar-refractivity contribution < 1.29 is 23.5 Å². The van der Waals surface area contributed by atoms with Gasteiger partial charge in [0.25, 0.3) is 11.8 Å². The van der Waals surface area contributed by atoms with Crippen molar-refractivity contribution >= 4 is 34.1 Å². The van der Waals surface area contributed by atoms with Crippen LogP contribution in [0.4, 0.5) is 5.00 Å². The Hall–Kier alpha value is -2.61. The lowest BCUT2D eigenvalue weighted by Gasteiger charge is -2.09. The highest BCUT2D eigenvalue weighted by Gasteiger charge is 2.15. The Morgan fingerprint density at radius 3 is 2.68 bits per heavy atom. The van der Waals surface area contributed by atoms with E-state index in [1.807, 2.05) is 0 Å². The third-order valence-corrected chi connectivity index (χ3v) is 3.60. The number of hydrogen-bond donors (Lipinski definition) is 1. The Labute approximate surface area is 130 Å². The number of carbonyl (C=O) groups is 3. The van der Waals surface area contributed by atoms with Crippen LogP contribution in [0.3, 0.4) is 0 Å². The molecule has 2 amide bonds. The Morgan fingerprint density at radius 1 is 1.27 bits per heavy atom. The third-order valence-electron chi connectivity index (χ3n) is 2.61. The summed E-state index contributed by atoms with van der Waals surface area (Å²) in [6, 6.07) is 6.24. The fraction of sp³-hybridized carbons (Fsp3) is 0.214. The third kappa shape index (κ3) is 3.95. The van der Waals surface area contributed by atoms with Gasteiger partial charge in [-0.3, -0.25) is 9.59 Å². The minimum Gasteiger partial charge on any atom is -0.459 e. The minimum absolute atomic E-state index is 0.175. The van der Waals surface area contributed by atoms with Gasteiger partial charge in [0.15, 0.2) is 12.4 Å². The molecule has 7 nitrogen and oxygen atoms in total. The number of anilines is 1. The fourth-order valence-electron chi connectivity index (χ4n) is 1.42. The molecule has 2 heterocycles. The highest BCUT2D eigenvalue weighted by Crippen LogP contribution is 2.23. The van der Waals surface area contributed by atoms with E-state index >= 15 is 0 Å². The number of furan rings is 1. The summed E-state index contributed by atoms with van der Waals surface area (Å²) in [5, 5.41) is 3.08. The van der Waals surface area contributed by atoms with E-state index in [0.29, 0.717) is 9.88 Å². The van der Waals surface area contributed by atoms with Gasteiger partial charge in [-0.1, -0.05) is 0 Å². The molecule has 0 spiro atoms. The van der Waals surface area contributed by atoms with Gasteiger partial charge in [-0.15, -0.1) is 11.3 Å². The summed E-state index contributed by atoms with van der Waals surface area (Å²) in [5.41, 5.74) is 0. The first-order chi connectivity index (χ1) is 10.5. The Morgan fingerprint density at radius 2 is 2.05 bits per heavy atom. The predicted molar refractivity (Wildman–Crippen MR) is 80.0 cm³/mol. The number of amides is 2. The van der Waals surface area contributed by atoms with Crippen LogP contribution in [0.1, 0.15) is 20.2 Å². The molecule has 0 aliphatic carbocycles. The molecule has 0 aliphatic rings. The average molecular weight is 322 g/mol. The monoisotopic (exact) mass is 322 g/mol. The zero-order valence-electron chi connectivity index (χ0n) is 12.0. The molecule has 1 N–H and O–H groups in total. The van der Waals surface area contributed by atoms with Crippen molar-refractivity contribution in [2.24, 2.45) is 0 Å². The summed E-state index contributed by atoms with van der Waals surface area (Å²) in [5.74, 6) is -1.15. The van der Waals surface area contributed by atoms with E-state index in [2.05, 4.69) is 5.32 Å². The Balaban J connectivity index is 1.92. The second-order valence-corrected chi connectivity index (χ2v) is 5.54. The highest BCUT2D eigenvalue weighted by atomic mass is 32.1. The standard InChI is InChI=1S/C14H14N2O5S/c1-16(2)12(17)8-21-14(19)10-5-6-11(22-10)15-13(18)9-4-3-7-20-9/h3-7H,8H2,1-2H3,(H,15,18). The van der Waals surface area contributed by atoms with Crippen LogP contribution in [0.25, 0.3) is 0 Å². The maximum Gasteiger partial charge on any atom is 0.348 e. The van der Waals surface area contributed by atoms with Crippen molar-refractivity contribution in [1.82, 2.24) is 4.90 Å². The van der Waals surface area contributed by atoms with Gasteiger partial charge in [-0.05, 0) is 24.3 Å². The van der Waals surface area contributed by atoms with Gasteiger partial charge in [-0.25, -0.2) is 4.79 Å². The molecule has 0 aromatic carbocycles. The number of carbonyl (C=O) groups excluding carboxylic acids is 3. The summed E-state index contributed by atoms with van der Waals surface area (Å²) in [6.45, 7) is -0.322. The molecule has 0 saturated heterocycles. The zero-order valence-corrected chi connectivity index (χ0v) is 12.8. The fourth-order valence-corrected chi connectivity index (χ4v) is 2.22. The number of hydrogen-bond acceptors (Lipinski definition) is 6. The van der Waals surface area contributed by atoms with Crippen LogP contribution in [0.15, 0.2) is 34.9 Å². The van der Waals surface area contributed by atoms with Crippen LogP contribution in [0, 0.1) is 0 Å². The number of ether oxygens (including phenoxy) is 1. The van der Waals surface area contributed by atoms with E-state index < -0.39 is 11.9 Å². The molecular formula is C14H14N2O5S. The molecule has 0 unspecified atom stereocenters. The molecule has 0 bridgehead atoms. The van der Waals surface area contributed by atoms with Crippen molar-refractivity contribution in [3.63, 3.8) is 0 Å². The van der Waals surface area contributed by atoms with Crippen molar-refractivity contribution in [3.8, 4) is 0 Å². The molecule has 0 saturated carbocycles. The van der Waals surface area contributed by atoms with Gasteiger partial charge in [0, 0.05) is 14.1 Å². The van der Waals surface area contributed by atoms with Gasteiger partial charge >= 0.3 is 5.97 Å². The highest BCUT2D eigenvalue weighted by molar-refractivity contribution is 7.18. The second kappa shape index (κ2) is 6.90. The molecule has 22 heavy (non-hydrogen) atoms. The first kappa shape index (κ1) is 15.8. The number of likely N-dealkylation sites (N-methyl/N-ethyl adjacent to an activating group) is 1. The summed E-state index contributed by atoms with van der Waals surface area (Å²) < 4.78 is 9.86. The molecule has 0 aliphatic heterocycles. The molecule has 2 aromatic heterocycles. The van der Waals surface area contributed by atoms with Crippen LogP contribution in [-0.2, 0) is 9.53 Å². The number of nitrogens with zero attached hydrogens (tertiary/aromatic N) is 1. The normalized spacial score (nSPS) is 10.1. The topological polar surface area (TPSA) is 88.9 Å². The zero-order chi connectivity index (χ0) is 16.1. The van der Waals surface area contributed by atoms with Crippen LogP contribution in [0.2, 0.25) is 0 Å². The molecule has 116 valence electrons. The molecule has 2 rings (SSSR count). The van der Waals surface area contributed by atoms with E-state index in [9.17, 15) is 14.4 Å². The molecule has 0 radical (unpaired) electrons. The number of thiophene rings is 1. The Kier molecular flexibility index (Phi) is 4.95. The summed E-state index contributed by atoms with van der Waals surface area (Å²) in [7, 11) is 3.15. The first-order valence-corrected chi connectivity index (χ1v) is 7.11. The molecule has 0 fully saturated rings. The lowest BCUT2D eigenvalue weighted by Crippen LogP contribution is -2.27. The van der Waals surface area contributed by atoms with Gasteiger partial charge in [0.2, 0.25) is 0 Å². The van der Waals surface area contributed by atoms with Crippen LogP contribution >= 0.6 is 11.3 Å². The Bertz CT molecular complexity index is 675. The summed E-state index contributed by atoms with van der Waals surface area (Å²) >= 11 is 1.05. The lowest BCUT2D eigenvalue weighted by atomic mass is 10.4. The van der Waals surface area contributed by atoms with Crippen LogP contribution in [0.5, 0.6) is 0 Å². The maximum absolute atomic E-state index is 11.8. The van der Waals surface area contributed by atoms with E-state index in [1.165, 1.54) is 23.3 Å². The number of nitrogens with one attached hydrogen (secondary N) is 1. The van der Waals surface area contributed by atoms with Gasteiger partial charge in [-0.2, -0.15) is 0 Å². The van der Waals surface area contributed by atoms with Crippen molar-refractivity contribution in [3.05, 3.63) is 41.2 Å². The summed E-state index contributed by atoms with van der Waals surface area (Å²) in [4.78, 5) is 36.5. The largest absolute Gasteiger partial charge is 0.459 e. The quantitative estimate of drug-likeness (QED) is 0.849.